The van der Waals surface area contributed by atoms with E-state index < -0.39 is 0 Å². The Labute approximate surface area is 167 Å². The van der Waals surface area contributed by atoms with Crippen LogP contribution in [0.15, 0.2) is 108 Å². The Kier molecular flexibility index (Phi) is 4.03. The van der Waals surface area contributed by atoms with Crippen molar-refractivity contribution in [1.29, 1.82) is 0 Å². The fourth-order valence-electron chi connectivity index (χ4n) is 3.80. The molecule has 128 valence electrons. The first-order valence-corrected chi connectivity index (χ1v) is 9.86. The van der Waals surface area contributed by atoms with E-state index in [9.17, 15) is 0 Å². The van der Waals surface area contributed by atoms with Gasteiger partial charge in [-0.15, -0.1) is 0 Å². The van der Waals surface area contributed by atoms with Gasteiger partial charge < -0.3 is 0 Å². The Morgan fingerprint density at radius 1 is 0.444 bits per heavy atom. The molecule has 0 saturated carbocycles. The van der Waals surface area contributed by atoms with Crippen LogP contribution in [0.3, 0.4) is 0 Å². The van der Waals surface area contributed by atoms with Crippen LogP contribution < -0.4 is 0 Å². The summed E-state index contributed by atoms with van der Waals surface area (Å²) in [6.07, 6.45) is 0. The number of rotatable bonds is 2. The van der Waals surface area contributed by atoms with Crippen molar-refractivity contribution in [2.75, 3.05) is 0 Å². The third-order valence-electron chi connectivity index (χ3n) is 5.10. The van der Waals surface area contributed by atoms with Crippen LogP contribution >= 0.6 is 15.9 Å². The highest BCUT2D eigenvalue weighted by atomic mass is 79.9. The number of fused-ring (bicyclic) bond motifs is 2. The molecule has 5 aromatic carbocycles. The van der Waals surface area contributed by atoms with E-state index in [0.29, 0.717) is 0 Å². The third-order valence-corrected chi connectivity index (χ3v) is 5.63. The molecular formula is C26H17Br. The fourth-order valence-corrected chi connectivity index (χ4v) is 4.06. The monoisotopic (exact) mass is 408 g/mol. The average Bonchev–Trinajstić information content (AvgIpc) is 2.73. The van der Waals surface area contributed by atoms with E-state index in [4.69, 9.17) is 0 Å². The molecule has 0 radical (unpaired) electrons. The summed E-state index contributed by atoms with van der Waals surface area (Å²) in [5.41, 5.74) is 5.03. The molecule has 0 N–H and O–H groups in total. The van der Waals surface area contributed by atoms with Crippen LogP contribution in [0.5, 0.6) is 0 Å². The van der Waals surface area contributed by atoms with Crippen LogP contribution in [0.25, 0.3) is 43.8 Å². The smallest absolute Gasteiger partial charge is 0.0175 e. The molecule has 5 rings (SSSR count). The van der Waals surface area contributed by atoms with Crippen LogP contribution in [0, 0.1) is 0 Å². The van der Waals surface area contributed by atoms with Crippen molar-refractivity contribution in [3.63, 3.8) is 0 Å². The summed E-state index contributed by atoms with van der Waals surface area (Å²) in [7, 11) is 0. The fraction of sp³-hybridized carbons (Fsp3) is 0. The normalized spacial score (nSPS) is 11.1. The molecule has 0 atom stereocenters. The van der Waals surface area contributed by atoms with Gasteiger partial charge in [0.15, 0.2) is 0 Å². The molecule has 0 heterocycles. The van der Waals surface area contributed by atoms with Crippen LogP contribution in [0.4, 0.5) is 0 Å². The molecule has 0 aliphatic rings. The van der Waals surface area contributed by atoms with Gasteiger partial charge in [-0.05, 0) is 68.1 Å². The molecule has 0 aliphatic carbocycles. The van der Waals surface area contributed by atoms with E-state index >= 15 is 0 Å². The minimum absolute atomic E-state index is 1.10. The molecule has 0 unspecified atom stereocenters. The zero-order valence-electron chi connectivity index (χ0n) is 14.7. The lowest BCUT2D eigenvalue weighted by Crippen LogP contribution is -1.87. The van der Waals surface area contributed by atoms with Crippen LogP contribution in [-0.2, 0) is 0 Å². The highest BCUT2D eigenvalue weighted by Gasteiger charge is 2.11. The van der Waals surface area contributed by atoms with Crippen molar-refractivity contribution < 1.29 is 0 Å². The quantitative estimate of drug-likeness (QED) is 0.259. The highest BCUT2D eigenvalue weighted by Crippen LogP contribution is 2.38. The standard InChI is InChI=1S/C26H17Br/c27-23-14-12-19(13-15-23)26-24-9-5-4-8-21(24)16-22-11-10-20(17-25(22)26)18-6-2-1-3-7-18/h1-17H. The lowest BCUT2D eigenvalue weighted by Gasteiger charge is -2.14. The van der Waals surface area contributed by atoms with Crippen molar-refractivity contribution >= 4 is 37.5 Å². The average molecular weight is 409 g/mol. The van der Waals surface area contributed by atoms with Gasteiger partial charge in [-0.25, -0.2) is 0 Å². The van der Waals surface area contributed by atoms with Crippen LogP contribution in [-0.4, -0.2) is 0 Å². The minimum Gasteiger partial charge on any atom is -0.0622 e. The maximum Gasteiger partial charge on any atom is 0.0175 e. The van der Waals surface area contributed by atoms with Gasteiger partial charge >= 0.3 is 0 Å². The number of hydrogen-bond acceptors (Lipinski definition) is 0. The molecule has 5 aromatic rings. The highest BCUT2D eigenvalue weighted by molar-refractivity contribution is 9.10. The maximum atomic E-state index is 3.56. The number of halogens is 1. The molecule has 0 aliphatic heterocycles. The van der Waals surface area contributed by atoms with Crippen LogP contribution in [0.1, 0.15) is 0 Å². The van der Waals surface area contributed by atoms with Gasteiger partial charge in [0.05, 0.1) is 0 Å². The van der Waals surface area contributed by atoms with E-state index in [-0.39, 0.29) is 0 Å². The molecule has 0 spiro atoms. The third kappa shape index (κ3) is 2.94. The van der Waals surface area contributed by atoms with Gasteiger partial charge in [-0.1, -0.05) is 94.8 Å². The maximum absolute atomic E-state index is 3.56. The summed E-state index contributed by atoms with van der Waals surface area (Å²) in [6.45, 7) is 0. The van der Waals surface area contributed by atoms with Crippen molar-refractivity contribution in [2.45, 2.75) is 0 Å². The summed E-state index contributed by atoms with van der Waals surface area (Å²) in [5.74, 6) is 0. The second kappa shape index (κ2) is 6.68. The largest absolute Gasteiger partial charge is 0.0622 e. The summed E-state index contributed by atoms with van der Waals surface area (Å²) in [6, 6.07) is 36.9. The predicted molar refractivity (Wildman–Crippen MR) is 120 cm³/mol. The Balaban J connectivity index is 1.87. The van der Waals surface area contributed by atoms with Crippen molar-refractivity contribution in [1.82, 2.24) is 0 Å². The molecule has 0 amide bonds. The zero-order chi connectivity index (χ0) is 18.2. The Morgan fingerprint density at radius 2 is 1.11 bits per heavy atom. The Morgan fingerprint density at radius 3 is 1.93 bits per heavy atom. The second-order valence-electron chi connectivity index (χ2n) is 6.78. The van der Waals surface area contributed by atoms with Gasteiger partial charge in [-0.3, -0.25) is 0 Å². The van der Waals surface area contributed by atoms with Gasteiger partial charge in [0.2, 0.25) is 0 Å². The molecule has 0 saturated heterocycles. The summed E-state index contributed by atoms with van der Waals surface area (Å²) < 4.78 is 1.10. The number of hydrogen-bond donors (Lipinski definition) is 0. The van der Waals surface area contributed by atoms with E-state index in [0.717, 1.165) is 4.47 Å². The minimum atomic E-state index is 1.10. The van der Waals surface area contributed by atoms with Gasteiger partial charge in [0.1, 0.15) is 0 Å². The van der Waals surface area contributed by atoms with E-state index in [1.54, 1.807) is 0 Å². The van der Waals surface area contributed by atoms with Gasteiger partial charge in [0, 0.05) is 4.47 Å². The zero-order valence-corrected chi connectivity index (χ0v) is 16.3. The summed E-state index contributed by atoms with van der Waals surface area (Å²) in [5, 5.41) is 5.12. The molecule has 0 aromatic heterocycles. The van der Waals surface area contributed by atoms with Gasteiger partial charge in [-0.2, -0.15) is 0 Å². The van der Waals surface area contributed by atoms with Crippen molar-refractivity contribution in [2.24, 2.45) is 0 Å². The van der Waals surface area contributed by atoms with E-state index in [2.05, 4.69) is 119 Å². The molecule has 0 fully saturated rings. The van der Waals surface area contributed by atoms with Gasteiger partial charge in [0.25, 0.3) is 0 Å². The SMILES string of the molecule is Brc1ccc(-c2c3ccccc3cc3ccc(-c4ccccc4)cc23)cc1. The molecular weight excluding hydrogens is 392 g/mol. The molecule has 27 heavy (non-hydrogen) atoms. The summed E-state index contributed by atoms with van der Waals surface area (Å²) >= 11 is 3.56. The molecule has 0 nitrogen and oxygen atoms in total. The first kappa shape index (κ1) is 16.3. The lowest BCUT2D eigenvalue weighted by atomic mass is 9.90. The van der Waals surface area contributed by atoms with Crippen molar-refractivity contribution in [3.8, 4) is 22.3 Å². The van der Waals surface area contributed by atoms with Crippen molar-refractivity contribution in [3.05, 3.63) is 108 Å². The Hall–Kier alpha value is -2.90. The first-order chi connectivity index (χ1) is 13.3. The van der Waals surface area contributed by atoms with E-state index in [1.807, 2.05) is 0 Å². The van der Waals surface area contributed by atoms with Crippen LogP contribution in [0.2, 0.25) is 0 Å². The lowest BCUT2D eigenvalue weighted by molar-refractivity contribution is 1.62. The molecule has 1 heteroatoms. The first-order valence-electron chi connectivity index (χ1n) is 9.06. The summed E-state index contributed by atoms with van der Waals surface area (Å²) in [4.78, 5) is 0. The van der Waals surface area contributed by atoms with E-state index in [1.165, 1.54) is 43.8 Å². The topological polar surface area (TPSA) is 0 Å². The number of benzene rings is 5. The Bertz CT molecular complexity index is 1250. The molecule has 0 bridgehead atoms. The second-order valence-corrected chi connectivity index (χ2v) is 7.70. The predicted octanol–water partition coefficient (Wildman–Crippen LogP) is 8.09.